The van der Waals surface area contributed by atoms with Crippen molar-refractivity contribution in [2.75, 3.05) is 0 Å². The van der Waals surface area contributed by atoms with E-state index in [1.54, 1.807) is 12.1 Å². The number of hydrogen-bond acceptors (Lipinski definition) is 4. The van der Waals surface area contributed by atoms with Gasteiger partial charge in [0.05, 0.1) is 17.6 Å². The third kappa shape index (κ3) is 3.28. The Morgan fingerprint density at radius 1 is 1.35 bits per heavy atom. The van der Waals surface area contributed by atoms with Crippen LogP contribution < -0.4 is 4.74 Å². The number of benzene rings is 1. The lowest BCUT2D eigenvalue weighted by atomic mass is 9.80. The molecule has 1 aliphatic rings. The Kier molecular flexibility index (Phi) is 4.60. The van der Waals surface area contributed by atoms with Gasteiger partial charge < -0.3 is 9.84 Å². The van der Waals surface area contributed by atoms with Gasteiger partial charge in [0.25, 0.3) is 0 Å². The van der Waals surface area contributed by atoms with Gasteiger partial charge in [0.2, 0.25) is 0 Å². The zero-order valence-electron chi connectivity index (χ0n) is 11.9. The second-order valence-electron chi connectivity index (χ2n) is 5.72. The molecule has 0 aliphatic heterocycles. The lowest BCUT2D eigenvalue weighted by molar-refractivity contribution is -0.386. The lowest BCUT2D eigenvalue weighted by Crippen LogP contribution is -2.29. The molecule has 0 aromatic heterocycles. The molecule has 1 aliphatic carbocycles. The maximum absolute atomic E-state index is 11.0. The molecule has 0 saturated heterocycles. The fourth-order valence-corrected chi connectivity index (χ4v) is 2.69. The third-order valence-electron chi connectivity index (χ3n) is 4.25. The molecule has 0 spiro atoms. The van der Waals surface area contributed by atoms with Gasteiger partial charge in [-0.15, -0.1) is 0 Å². The van der Waals surface area contributed by atoms with Crippen LogP contribution in [0.15, 0.2) is 18.2 Å². The van der Waals surface area contributed by atoms with E-state index in [4.69, 9.17) is 9.84 Å². The molecule has 0 bridgehead atoms. The minimum absolute atomic E-state index is 0.0221. The average Bonchev–Trinajstić information content (AvgIpc) is 2.42. The van der Waals surface area contributed by atoms with Crippen LogP contribution in [-0.4, -0.2) is 16.1 Å². The van der Waals surface area contributed by atoms with Gasteiger partial charge in [-0.3, -0.25) is 10.1 Å². The van der Waals surface area contributed by atoms with Crippen molar-refractivity contribution in [2.45, 2.75) is 45.8 Å². The molecule has 2 rings (SSSR count). The highest BCUT2D eigenvalue weighted by atomic mass is 16.6. The van der Waals surface area contributed by atoms with E-state index in [1.165, 1.54) is 6.07 Å². The van der Waals surface area contributed by atoms with E-state index in [-0.39, 0.29) is 24.1 Å². The van der Waals surface area contributed by atoms with Crippen molar-refractivity contribution in [3.63, 3.8) is 0 Å². The highest BCUT2D eigenvalue weighted by molar-refractivity contribution is 5.48. The Labute approximate surface area is 118 Å². The molecule has 3 unspecified atom stereocenters. The van der Waals surface area contributed by atoms with Crippen LogP contribution in [0.25, 0.3) is 0 Å². The summed E-state index contributed by atoms with van der Waals surface area (Å²) >= 11 is 0. The Hall–Kier alpha value is -1.62. The van der Waals surface area contributed by atoms with Crippen molar-refractivity contribution in [1.29, 1.82) is 0 Å². The molecule has 5 heteroatoms. The highest BCUT2D eigenvalue weighted by Gasteiger charge is 2.27. The molecular weight excluding hydrogens is 258 g/mol. The van der Waals surface area contributed by atoms with Crippen LogP contribution in [0.1, 0.15) is 38.7 Å². The van der Waals surface area contributed by atoms with Crippen LogP contribution in [0.4, 0.5) is 5.69 Å². The van der Waals surface area contributed by atoms with Gasteiger partial charge in [-0.1, -0.05) is 13.8 Å². The van der Waals surface area contributed by atoms with Crippen molar-refractivity contribution >= 4 is 5.69 Å². The molecule has 0 amide bonds. The van der Waals surface area contributed by atoms with E-state index in [0.717, 1.165) is 19.3 Å². The van der Waals surface area contributed by atoms with Crippen LogP contribution in [0.5, 0.6) is 5.75 Å². The molecule has 1 saturated carbocycles. The fourth-order valence-electron chi connectivity index (χ4n) is 2.69. The van der Waals surface area contributed by atoms with E-state index in [9.17, 15) is 10.1 Å². The van der Waals surface area contributed by atoms with Gasteiger partial charge in [-0.05, 0) is 48.8 Å². The summed E-state index contributed by atoms with van der Waals surface area (Å²) in [7, 11) is 0. The van der Waals surface area contributed by atoms with Gasteiger partial charge in [-0.2, -0.15) is 0 Å². The Morgan fingerprint density at radius 2 is 2.10 bits per heavy atom. The number of rotatable bonds is 4. The van der Waals surface area contributed by atoms with Gasteiger partial charge in [0.1, 0.15) is 0 Å². The number of nitro groups is 1. The number of ether oxygens (including phenoxy) is 1. The zero-order chi connectivity index (χ0) is 14.7. The van der Waals surface area contributed by atoms with Gasteiger partial charge in [0.15, 0.2) is 5.75 Å². The van der Waals surface area contributed by atoms with Crippen LogP contribution in [0, 0.1) is 22.0 Å². The highest BCUT2D eigenvalue weighted by Crippen LogP contribution is 2.35. The molecule has 1 fully saturated rings. The maximum Gasteiger partial charge on any atom is 0.310 e. The summed E-state index contributed by atoms with van der Waals surface area (Å²) in [6.07, 6.45) is 2.95. The fraction of sp³-hybridized carbons (Fsp3) is 0.600. The van der Waals surface area contributed by atoms with Crippen molar-refractivity contribution < 1.29 is 14.8 Å². The quantitative estimate of drug-likeness (QED) is 0.678. The number of hydrogen-bond donors (Lipinski definition) is 1. The summed E-state index contributed by atoms with van der Waals surface area (Å²) < 4.78 is 5.86. The first kappa shape index (κ1) is 14.8. The van der Waals surface area contributed by atoms with Crippen molar-refractivity contribution in [1.82, 2.24) is 0 Å². The van der Waals surface area contributed by atoms with E-state index >= 15 is 0 Å². The third-order valence-corrected chi connectivity index (χ3v) is 4.25. The average molecular weight is 279 g/mol. The molecule has 1 aromatic rings. The van der Waals surface area contributed by atoms with Crippen LogP contribution in [-0.2, 0) is 6.61 Å². The Bertz CT molecular complexity index is 489. The summed E-state index contributed by atoms with van der Waals surface area (Å²) in [5.41, 5.74) is 0.594. The summed E-state index contributed by atoms with van der Waals surface area (Å²) in [6.45, 7) is 4.28. The van der Waals surface area contributed by atoms with E-state index < -0.39 is 4.92 Å². The van der Waals surface area contributed by atoms with Gasteiger partial charge in [0, 0.05) is 6.07 Å². The second kappa shape index (κ2) is 6.22. The molecule has 0 heterocycles. The van der Waals surface area contributed by atoms with E-state index in [1.807, 2.05) is 0 Å². The molecular formula is C15H21NO4. The predicted molar refractivity (Wildman–Crippen MR) is 75.6 cm³/mol. The molecule has 20 heavy (non-hydrogen) atoms. The van der Waals surface area contributed by atoms with Crippen molar-refractivity contribution in [3.05, 3.63) is 33.9 Å². The van der Waals surface area contributed by atoms with Gasteiger partial charge >= 0.3 is 5.69 Å². The van der Waals surface area contributed by atoms with Crippen LogP contribution in [0.2, 0.25) is 0 Å². The first-order valence-corrected chi connectivity index (χ1v) is 7.06. The van der Waals surface area contributed by atoms with Crippen LogP contribution >= 0.6 is 0 Å². The predicted octanol–water partition coefficient (Wildman–Crippen LogP) is 3.29. The van der Waals surface area contributed by atoms with Crippen LogP contribution in [0.3, 0.4) is 0 Å². The second-order valence-corrected chi connectivity index (χ2v) is 5.72. The first-order chi connectivity index (χ1) is 9.51. The van der Waals surface area contributed by atoms with Crippen molar-refractivity contribution in [3.8, 4) is 5.75 Å². The molecule has 3 atom stereocenters. The maximum atomic E-state index is 11.0. The smallest absolute Gasteiger partial charge is 0.310 e. The number of nitrogens with zero attached hydrogens (tertiary/aromatic N) is 1. The van der Waals surface area contributed by atoms with Crippen molar-refractivity contribution in [2.24, 2.45) is 11.8 Å². The molecule has 1 N–H and O–H groups in total. The summed E-state index contributed by atoms with van der Waals surface area (Å²) in [5.74, 6) is 1.51. The Balaban J connectivity index is 2.17. The zero-order valence-corrected chi connectivity index (χ0v) is 11.9. The normalized spacial score (nSPS) is 26.2. The summed E-state index contributed by atoms with van der Waals surface area (Å²) in [4.78, 5) is 10.6. The molecule has 1 aromatic carbocycles. The SMILES string of the molecule is CC1CCC(Oc2cc(CO)ccc2[N+](=O)[O-])CC1C. The minimum atomic E-state index is -0.439. The largest absolute Gasteiger partial charge is 0.483 e. The molecule has 5 nitrogen and oxygen atoms in total. The monoisotopic (exact) mass is 279 g/mol. The minimum Gasteiger partial charge on any atom is -0.483 e. The number of nitro benzene ring substituents is 1. The lowest BCUT2D eigenvalue weighted by Gasteiger charge is -2.32. The van der Waals surface area contributed by atoms with Gasteiger partial charge in [-0.25, -0.2) is 0 Å². The Morgan fingerprint density at radius 3 is 2.70 bits per heavy atom. The number of aliphatic hydroxyl groups excluding tert-OH is 1. The summed E-state index contributed by atoms with van der Waals surface area (Å²) in [6, 6.07) is 4.52. The number of aliphatic hydroxyl groups is 1. The van der Waals surface area contributed by atoms with E-state index in [0.29, 0.717) is 17.4 Å². The standard InChI is InChI=1S/C15H21NO4/c1-10-3-5-13(7-11(10)2)20-15-8-12(9-17)4-6-14(15)16(18)19/h4,6,8,10-11,13,17H,3,5,7,9H2,1-2H3. The molecule has 0 radical (unpaired) electrons. The summed E-state index contributed by atoms with van der Waals surface area (Å²) in [5, 5.41) is 20.2. The molecule has 110 valence electrons. The first-order valence-electron chi connectivity index (χ1n) is 7.06. The topological polar surface area (TPSA) is 72.6 Å². The van der Waals surface area contributed by atoms with E-state index in [2.05, 4.69) is 13.8 Å².